The Hall–Kier alpha value is -4.04. The molecule has 3 aromatic rings. The highest BCUT2D eigenvalue weighted by molar-refractivity contribution is 6.30. The largest absolute Gasteiger partial charge is 0.497 e. The first-order valence-electron chi connectivity index (χ1n) is 10.9. The zero-order valence-corrected chi connectivity index (χ0v) is 20.0. The topological polar surface area (TPSA) is 88.2 Å². The van der Waals surface area contributed by atoms with E-state index in [0.29, 0.717) is 27.9 Å². The Morgan fingerprint density at radius 3 is 2.29 bits per heavy atom. The van der Waals surface area contributed by atoms with Crippen molar-refractivity contribution in [1.29, 1.82) is 0 Å². The lowest BCUT2D eigenvalue weighted by Gasteiger charge is -2.22. The molecular formula is C26H24ClN3O5. The molecule has 1 saturated heterocycles. The molecule has 180 valence electrons. The maximum atomic E-state index is 13.4. The van der Waals surface area contributed by atoms with Gasteiger partial charge in [0.2, 0.25) is 5.91 Å². The molecule has 1 fully saturated rings. The number of halogens is 1. The molecule has 0 aromatic heterocycles. The SMILES string of the molecule is COc1ccc(NC(=O)CC2C(=O)N(c3ccc(Cl)cc3)C(=O)N2Cc2cccc(OC)c2)cc1. The second-order valence-corrected chi connectivity index (χ2v) is 8.35. The minimum Gasteiger partial charge on any atom is -0.497 e. The van der Waals surface area contributed by atoms with Crippen molar-refractivity contribution in [3.63, 3.8) is 0 Å². The number of rotatable bonds is 8. The number of anilines is 2. The van der Waals surface area contributed by atoms with Gasteiger partial charge in [0, 0.05) is 17.3 Å². The first-order chi connectivity index (χ1) is 16.9. The van der Waals surface area contributed by atoms with Crippen molar-refractivity contribution < 1.29 is 23.9 Å². The molecule has 1 aliphatic heterocycles. The van der Waals surface area contributed by atoms with Gasteiger partial charge < -0.3 is 19.7 Å². The summed E-state index contributed by atoms with van der Waals surface area (Å²) in [6.45, 7) is 0.131. The van der Waals surface area contributed by atoms with E-state index in [1.807, 2.05) is 6.07 Å². The maximum absolute atomic E-state index is 13.4. The molecule has 35 heavy (non-hydrogen) atoms. The van der Waals surface area contributed by atoms with Gasteiger partial charge in [0.15, 0.2) is 0 Å². The minimum absolute atomic E-state index is 0.131. The number of hydrogen-bond donors (Lipinski definition) is 1. The average molecular weight is 494 g/mol. The third kappa shape index (κ3) is 5.38. The number of hydrogen-bond acceptors (Lipinski definition) is 5. The number of carbonyl (C=O) groups is 3. The molecule has 1 unspecified atom stereocenters. The van der Waals surface area contributed by atoms with Crippen LogP contribution in [0.15, 0.2) is 72.8 Å². The third-order valence-electron chi connectivity index (χ3n) is 5.64. The van der Waals surface area contributed by atoms with Gasteiger partial charge in [-0.05, 0) is 66.2 Å². The van der Waals surface area contributed by atoms with Crippen LogP contribution < -0.4 is 19.7 Å². The molecule has 8 nitrogen and oxygen atoms in total. The van der Waals surface area contributed by atoms with E-state index in [1.54, 1.807) is 80.9 Å². The first-order valence-corrected chi connectivity index (χ1v) is 11.2. The van der Waals surface area contributed by atoms with Gasteiger partial charge in [-0.15, -0.1) is 0 Å². The molecule has 9 heteroatoms. The van der Waals surface area contributed by atoms with Gasteiger partial charge in [-0.1, -0.05) is 23.7 Å². The maximum Gasteiger partial charge on any atom is 0.332 e. The van der Waals surface area contributed by atoms with Crippen molar-refractivity contribution in [2.75, 3.05) is 24.4 Å². The van der Waals surface area contributed by atoms with E-state index in [2.05, 4.69) is 5.32 Å². The van der Waals surface area contributed by atoms with Gasteiger partial charge in [0.1, 0.15) is 17.5 Å². The van der Waals surface area contributed by atoms with Gasteiger partial charge in [0.05, 0.1) is 26.3 Å². The van der Waals surface area contributed by atoms with Gasteiger partial charge in [-0.3, -0.25) is 9.59 Å². The quantitative estimate of drug-likeness (QED) is 0.458. The third-order valence-corrected chi connectivity index (χ3v) is 5.90. The number of urea groups is 1. The van der Waals surface area contributed by atoms with E-state index >= 15 is 0 Å². The van der Waals surface area contributed by atoms with E-state index in [-0.39, 0.29) is 13.0 Å². The van der Waals surface area contributed by atoms with Crippen LogP contribution in [0.3, 0.4) is 0 Å². The number of nitrogens with zero attached hydrogens (tertiary/aromatic N) is 2. The van der Waals surface area contributed by atoms with E-state index in [4.69, 9.17) is 21.1 Å². The van der Waals surface area contributed by atoms with Gasteiger partial charge >= 0.3 is 6.03 Å². The molecule has 0 radical (unpaired) electrons. The van der Waals surface area contributed by atoms with Crippen LogP contribution in [0.4, 0.5) is 16.2 Å². The Bertz CT molecular complexity index is 1230. The molecule has 1 heterocycles. The summed E-state index contributed by atoms with van der Waals surface area (Å²) in [6, 6.07) is 19.0. The summed E-state index contributed by atoms with van der Waals surface area (Å²) in [7, 11) is 3.11. The summed E-state index contributed by atoms with van der Waals surface area (Å²) < 4.78 is 10.4. The highest BCUT2D eigenvalue weighted by Crippen LogP contribution is 2.30. The summed E-state index contributed by atoms with van der Waals surface area (Å²) in [5.41, 5.74) is 1.71. The lowest BCUT2D eigenvalue weighted by Crippen LogP contribution is -2.37. The van der Waals surface area contributed by atoms with Crippen LogP contribution in [0, 0.1) is 0 Å². The van der Waals surface area contributed by atoms with Crippen molar-refractivity contribution in [1.82, 2.24) is 4.90 Å². The molecule has 0 spiro atoms. The summed E-state index contributed by atoms with van der Waals surface area (Å²) >= 11 is 5.98. The lowest BCUT2D eigenvalue weighted by molar-refractivity contribution is -0.124. The highest BCUT2D eigenvalue weighted by atomic mass is 35.5. The smallest absolute Gasteiger partial charge is 0.332 e. The van der Waals surface area contributed by atoms with Crippen LogP contribution >= 0.6 is 11.6 Å². The Kier molecular flexibility index (Phi) is 7.22. The Labute approximate surface area is 208 Å². The van der Waals surface area contributed by atoms with E-state index in [1.165, 1.54) is 4.90 Å². The molecule has 0 saturated carbocycles. The van der Waals surface area contributed by atoms with Gasteiger partial charge in [0.25, 0.3) is 5.91 Å². The fourth-order valence-electron chi connectivity index (χ4n) is 3.87. The second-order valence-electron chi connectivity index (χ2n) is 7.91. The van der Waals surface area contributed by atoms with Crippen molar-refractivity contribution in [2.24, 2.45) is 0 Å². The number of imide groups is 1. The Balaban J connectivity index is 1.59. The number of carbonyl (C=O) groups excluding carboxylic acids is 3. The summed E-state index contributed by atoms with van der Waals surface area (Å²) in [5, 5.41) is 3.26. The van der Waals surface area contributed by atoms with E-state index in [9.17, 15) is 14.4 Å². The molecule has 4 amide bonds. The van der Waals surface area contributed by atoms with Crippen molar-refractivity contribution in [3.8, 4) is 11.5 Å². The molecule has 1 N–H and O–H groups in total. The number of methoxy groups -OCH3 is 2. The van der Waals surface area contributed by atoms with Crippen LogP contribution in [-0.4, -0.2) is 43.0 Å². The van der Waals surface area contributed by atoms with Crippen LogP contribution in [-0.2, 0) is 16.1 Å². The molecule has 1 aliphatic rings. The van der Waals surface area contributed by atoms with Crippen LogP contribution in [0.2, 0.25) is 5.02 Å². The Morgan fingerprint density at radius 2 is 1.63 bits per heavy atom. The summed E-state index contributed by atoms with van der Waals surface area (Å²) in [4.78, 5) is 42.2. The molecule has 0 bridgehead atoms. The summed E-state index contributed by atoms with van der Waals surface area (Å²) in [6.07, 6.45) is -0.204. The van der Waals surface area contributed by atoms with Gasteiger partial charge in [-0.2, -0.15) is 0 Å². The molecule has 3 aromatic carbocycles. The molecule has 0 aliphatic carbocycles. The van der Waals surface area contributed by atoms with Crippen molar-refractivity contribution >= 4 is 40.8 Å². The normalized spacial score (nSPS) is 15.3. The predicted octanol–water partition coefficient (Wildman–Crippen LogP) is 4.72. The van der Waals surface area contributed by atoms with E-state index < -0.39 is 23.9 Å². The fraction of sp³-hybridized carbons (Fsp3) is 0.192. The predicted molar refractivity (Wildman–Crippen MR) is 133 cm³/mol. The molecule has 4 rings (SSSR count). The number of amides is 4. The first kappa shape index (κ1) is 24.1. The van der Waals surface area contributed by atoms with Crippen molar-refractivity contribution in [3.05, 3.63) is 83.4 Å². The van der Waals surface area contributed by atoms with Crippen LogP contribution in [0.5, 0.6) is 11.5 Å². The number of benzene rings is 3. The zero-order chi connectivity index (χ0) is 24.9. The molecule has 1 atom stereocenters. The van der Waals surface area contributed by atoms with Crippen LogP contribution in [0.1, 0.15) is 12.0 Å². The second kappa shape index (κ2) is 10.5. The van der Waals surface area contributed by atoms with E-state index in [0.717, 1.165) is 10.5 Å². The number of nitrogens with one attached hydrogen (secondary N) is 1. The Morgan fingerprint density at radius 1 is 0.943 bits per heavy atom. The summed E-state index contributed by atoms with van der Waals surface area (Å²) in [5.74, 6) is 0.409. The minimum atomic E-state index is -0.984. The van der Waals surface area contributed by atoms with Crippen LogP contribution in [0.25, 0.3) is 0 Å². The lowest BCUT2D eigenvalue weighted by atomic mass is 10.1. The fourth-order valence-corrected chi connectivity index (χ4v) is 4.00. The molecular weight excluding hydrogens is 470 g/mol. The highest BCUT2D eigenvalue weighted by Gasteiger charge is 2.46. The average Bonchev–Trinajstić information content (AvgIpc) is 3.09. The van der Waals surface area contributed by atoms with Crippen molar-refractivity contribution in [2.45, 2.75) is 19.0 Å². The zero-order valence-electron chi connectivity index (χ0n) is 19.2. The van der Waals surface area contributed by atoms with Gasteiger partial charge in [-0.25, -0.2) is 9.69 Å². The standard InChI is InChI=1S/C26H24ClN3O5/c1-34-21-12-8-19(9-13-21)28-24(31)15-23-25(32)30(20-10-6-18(27)7-11-20)26(33)29(23)16-17-4-3-5-22(14-17)35-2/h3-14,23H,15-16H2,1-2H3,(H,28,31). The number of ether oxygens (including phenoxy) is 2. The monoisotopic (exact) mass is 493 g/mol.